The molecule has 0 spiro atoms. The Morgan fingerprint density at radius 2 is 2.06 bits per heavy atom. The van der Waals surface area contributed by atoms with Crippen LogP contribution in [0.5, 0.6) is 5.75 Å². The molecule has 102 valence electrons. The maximum Gasteiger partial charge on any atom is 0.159 e. The summed E-state index contributed by atoms with van der Waals surface area (Å²) in [6.45, 7) is 5.41. The van der Waals surface area contributed by atoms with Gasteiger partial charge in [-0.2, -0.15) is 0 Å². The van der Waals surface area contributed by atoms with Gasteiger partial charge < -0.3 is 10.5 Å². The highest BCUT2D eigenvalue weighted by atomic mass is 32.2. The summed E-state index contributed by atoms with van der Waals surface area (Å²) in [6.07, 6.45) is 1.63. The molecule has 0 radical (unpaired) electrons. The van der Waals surface area contributed by atoms with E-state index in [4.69, 9.17) is 10.5 Å². The quantitative estimate of drug-likeness (QED) is 0.863. The fraction of sp³-hybridized carbons (Fsp3) is 0.583. The normalized spacial score (nSPS) is 13.4. The number of nitrogens with two attached hydrogens (primary N) is 1. The Morgan fingerprint density at radius 3 is 2.56 bits per heavy atom. The number of rotatable bonds is 5. The Labute approximate surface area is 108 Å². The molecule has 0 aliphatic heterocycles. The molecule has 0 aliphatic rings. The summed E-state index contributed by atoms with van der Waals surface area (Å²) >= 11 is 0. The maximum absolute atomic E-state index is 12.0. The summed E-state index contributed by atoms with van der Waals surface area (Å²) in [6, 6.07) is 0. The van der Waals surface area contributed by atoms with Gasteiger partial charge in [0.25, 0.3) is 0 Å². The Bertz CT molecular complexity index is 526. The lowest BCUT2D eigenvalue weighted by atomic mass is 10.1. The van der Waals surface area contributed by atoms with E-state index in [1.807, 2.05) is 13.8 Å². The molecule has 1 aromatic heterocycles. The number of hydrogen-bond acceptors (Lipinski definition) is 5. The van der Waals surface area contributed by atoms with Gasteiger partial charge in [-0.1, -0.05) is 0 Å². The molecule has 1 unspecified atom stereocenters. The van der Waals surface area contributed by atoms with Gasteiger partial charge in [0.05, 0.1) is 23.8 Å². The lowest BCUT2D eigenvalue weighted by Gasteiger charge is -2.14. The fourth-order valence-corrected chi connectivity index (χ4v) is 2.95. The van der Waals surface area contributed by atoms with Crippen LogP contribution in [0.15, 0.2) is 6.20 Å². The first-order valence-corrected chi connectivity index (χ1v) is 7.45. The fourth-order valence-electron chi connectivity index (χ4n) is 1.70. The van der Waals surface area contributed by atoms with E-state index < -0.39 is 15.1 Å². The zero-order valence-corrected chi connectivity index (χ0v) is 12.0. The third kappa shape index (κ3) is 3.00. The summed E-state index contributed by atoms with van der Waals surface area (Å²) in [4.78, 5) is 4.19. The smallest absolute Gasteiger partial charge is 0.159 e. The van der Waals surface area contributed by atoms with Crippen molar-refractivity contribution in [3.63, 3.8) is 0 Å². The van der Waals surface area contributed by atoms with Gasteiger partial charge in [0, 0.05) is 23.9 Å². The molecule has 0 aliphatic carbocycles. The van der Waals surface area contributed by atoms with Crippen molar-refractivity contribution in [2.75, 3.05) is 13.7 Å². The average Bonchev–Trinajstić information content (AvgIpc) is 2.32. The second-order valence-electron chi connectivity index (χ2n) is 4.40. The summed E-state index contributed by atoms with van der Waals surface area (Å²) in [5.74, 6) is 0.587. The van der Waals surface area contributed by atoms with Crippen molar-refractivity contribution in [2.24, 2.45) is 5.73 Å². The highest BCUT2D eigenvalue weighted by Crippen LogP contribution is 2.25. The first kappa shape index (κ1) is 14.9. The van der Waals surface area contributed by atoms with Crippen LogP contribution in [0.4, 0.5) is 0 Å². The van der Waals surface area contributed by atoms with E-state index in [9.17, 15) is 8.42 Å². The molecule has 0 fully saturated rings. The number of aromatic nitrogens is 1. The van der Waals surface area contributed by atoms with Gasteiger partial charge in [-0.15, -0.1) is 0 Å². The van der Waals surface area contributed by atoms with Gasteiger partial charge in [-0.25, -0.2) is 8.42 Å². The van der Waals surface area contributed by atoms with Gasteiger partial charge in [0.15, 0.2) is 9.84 Å². The van der Waals surface area contributed by atoms with Crippen LogP contribution < -0.4 is 10.5 Å². The molecule has 1 heterocycles. The molecule has 18 heavy (non-hydrogen) atoms. The van der Waals surface area contributed by atoms with Crippen LogP contribution in [0, 0.1) is 13.8 Å². The van der Waals surface area contributed by atoms with Crippen molar-refractivity contribution in [3.8, 4) is 5.75 Å². The number of ether oxygens (including phenoxy) is 1. The molecule has 0 saturated carbocycles. The van der Waals surface area contributed by atoms with E-state index in [1.54, 1.807) is 20.2 Å². The van der Waals surface area contributed by atoms with E-state index >= 15 is 0 Å². The molecule has 1 atom stereocenters. The summed E-state index contributed by atoms with van der Waals surface area (Å²) in [5, 5.41) is -0.564. The topological polar surface area (TPSA) is 82.3 Å². The van der Waals surface area contributed by atoms with E-state index in [1.165, 1.54) is 0 Å². The van der Waals surface area contributed by atoms with E-state index in [-0.39, 0.29) is 12.3 Å². The second-order valence-corrected chi connectivity index (χ2v) is 6.82. The number of methoxy groups -OCH3 is 1. The first-order chi connectivity index (χ1) is 8.33. The second kappa shape index (κ2) is 5.67. The van der Waals surface area contributed by atoms with Crippen LogP contribution >= 0.6 is 0 Å². The van der Waals surface area contributed by atoms with Crippen LogP contribution in [-0.2, 0) is 15.6 Å². The molecule has 1 rings (SSSR count). The van der Waals surface area contributed by atoms with Gasteiger partial charge >= 0.3 is 0 Å². The van der Waals surface area contributed by atoms with Crippen LogP contribution in [0.1, 0.15) is 23.7 Å². The number of sulfone groups is 1. The Kier molecular flexibility index (Phi) is 4.70. The predicted octanol–water partition coefficient (Wildman–Crippen LogP) is 0.969. The Balaban J connectivity index is 3.14. The molecule has 5 nitrogen and oxygen atoms in total. The molecular formula is C12H20N2O3S. The number of nitrogens with zero attached hydrogens (tertiary/aromatic N) is 1. The van der Waals surface area contributed by atoms with Gasteiger partial charge in [-0.3, -0.25) is 4.98 Å². The standard InChI is InChI=1S/C12H20N2O3S/c1-8-6-14-11(10(3)12(8)17-4)7-18(15,16)9(2)5-13/h6,9H,5,7,13H2,1-4H3. The number of aryl methyl sites for hydroxylation is 1. The van der Waals surface area contributed by atoms with Crippen molar-refractivity contribution in [1.82, 2.24) is 4.98 Å². The van der Waals surface area contributed by atoms with E-state index in [2.05, 4.69) is 4.98 Å². The van der Waals surface area contributed by atoms with Crippen LogP contribution in [0.25, 0.3) is 0 Å². The average molecular weight is 272 g/mol. The van der Waals surface area contributed by atoms with Crippen molar-refractivity contribution in [1.29, 1.82) is 0 Å². The largest absolute Gasteiger partial charge is 0.496 e. The minimum Gasteiger partial charge on any atom is -0.496 e. The first-order valence-electron chi connectivity index (χ1n) is 5.74. The third-order valence-electron chi connectivity index (χ3n) is 3.03. The van der Waals surface area contributed by atoms with Crippen LogP contribution in [-0.4, -0.2) is 32.3 Å². The molecule has 0 saturated heterocycles. The minimum atomic E-state index is -3.27. The number of pyridine rings is 1. The predicted molar refractivity (Wildman–Crippen MR) is 71.4 cm³/mol. The van der Waals surface area contributed by atoms with Crippen molar-refractivity contribution in [3.05, 3.63) is 23.0 Å². The van der Waals surface area contributed by atoms with Crippen LogP contribution in [0.2, 0.25) is 0 Å². The molecule has 2 N–H and O–H groups in total. The highest BCUT2D eigenvalue weighted by molar-refractivity contribution is 7.91. The van der Waals surface area contributed by atoms with Gasteiger partial charge in [0.2, 0.25) is 0 Å². The molecule has 6 heteroatoms. The molecule has 0 aromatic carbocycles. The van der Waals surface area contributed by atoms with Gasteiger partial charge in [-0.05, 0) is 20.8 Å². The molecular weight excluding hydrogens is 252 g/mol. The van der Waals surface area contributed by atoms with Crippen molar-refractivity contribution >= 4 is 9.84 Å². The highest BCUT2D eigenvalue weighted by Gasteiger charge is 2.22. The zero-order valence-electron chi connectivity index (χ0n) is 11.2. The zero-order chi connectivity index (χ0) is 13.9. The lowest BCUT2D eigenvalue weighted by Crippen LogP contribution is -2.28. The molecule has 1 aromatic rings. The SMILES string of the molecule is COc1c(C)cnc(CS(=O)(=O)C(C)CN)c1C. The Hall–Kier alpha value is -1.14. The summed E-state index contributed by atoms with van der Waals surface area (Å²) < 4.78 is 29.3. The monoisotopic (exact) mass is 272 g/mol. The summed E-state index contributed by atoms with van der Waals surface area (Å²) in [7, 11) is -1.70. The summed E-state index contributed by atoms with van der Waals surface area (Å²) in [5.41, 5.74) is 7.59. The molecule has 0 bridgehead atoms. The minimum absolute atomic E-state index is 0.103. The maximum atomic E-state index is 12.0. The Morgan fingerprint density at radius 1 is 1.44 bits per heavy atom. The van der Waals surface area contributed by atoms with Crippen molar-refractivity contribution < 1.29 is 13.2 Å². The van der Waals surface area contributed by atoms with Crippen molar-refractivity contribution in [2.45, 2.75) is 31.8 Å². The number of hydrogen-bond donors (Lipinski definition) is 1. The van der Waals surface area contributed by atoms with E-state index in [0.29, 0.717) is 11.4 Å². The van der Waals surface area contributed by atoms with Crippen LogP contribution in [0.3, 0.4) is 0 Å². The lowest BCUT2D eigenvalue weighted by molar-refractivity contribution is 0.407. The van der Waals surface area contributed by atoms with Gasteiger partial charge in [0.1, 0.15) is 5.75 Å². The van der Waals surface area contributed by atoms with E-state index in [0.717, 1.165) is 11.1 Å². The third-order valence-corrected chi connectivity index (χ3v) is 5.13. The molecule has 0 amide bonds.